The van der Waals surface area contributed by atoms with Crippen molar-refractivity contribution in [2.24, 2.45) is 0 Å². The molecule has 1 aromatic heterocycles. The van der Waals surface area contributed by atoms with E-state index < -0.39 is 0 Å². The highest BCUT2D eigenvalue weighted by atomic mass is 16.3. The third kappa shape index (κ3) is 2.48. The van der Waals surface area contributed by atoms with E-state index in [1.54, 1.807) is 48.5 Å². The molecule has 0 spiro atoms. The molecule has 2 radical (unpaired) electrons. The summed E-state index contributed by atoms with van der Waals surface area (Å²) < 4.78 is 0. The van der Waals surface area contributed by atoms with E-state index in [0.717, 1.165) is 0 Å². The van der Waals surface area contributed by atoms with Gasteiger partial charge in [0.2, 0.25) is 0 Å². The first kappa shape index (κ1) is 13.2. The molecule has 0 amide bonds. The Bertz CT molecular complexity index is 802. The summed E-state index contributed by atoms with van der Waals surface area (Å²) in [5.41, 5.74) is 2.74. The van der Waals surface area contributed by atoms with E-state index in [2.05, 4.69) is 4.98 Å². The molecule has 0 unspecified atom stereocenters. The molecule has 4 heteroatoms. The van der Waals surface area contributed by atoms with Gasteiger partial charge in [0.1, 0.15) is 19.3 Å². The highest BCUT2D eigenvalue weighted by Gasteiger charge is 2.11. The normalized spacial score (nSPS) is 10.5. The number of phenolic OH excluding ortho intramolecular Hbond substituents is 2. The Morgan fingerprint density at radius 1 is 0.714 bits per heavy atom. The summed E-state index contributed by atoms with van der Waals surface area (Å²) in [6.45, 7) is 0. The van der Waals surface area contributed by atoms with Crippen molar-refractivity contribution < 1.29 is 10.2 Å². The minimum Gasteiger partial charge on any atom is -0.507 e. The van der Waals surface area contributed by atoms with Crippen LogP contribution >= 0.6 is 0 Å². The SMILES string of the molecule is [B]c1ccc(-c2ccccc2O)nc1-c1ccccc1O. The second-order valence-electron chi connectivity index (χ2n) is 4.67. The highest BCUT2D eigenvalue weighted by Crippen LogP contribution is 2.30. The van der Waals surface area contributed by atoms with Crippen molar-refractivity contribution >= 4 is 13.3 Å². The van der Waals surface area contributed by atoms with Crippen LogP contribution < -0.4 is 5.46 Å². The second kappa shape index (κ2) is 5.33. The van der Waals surface area contributed by atoms with Gasteiger partial charge in [0.15, 0.2) is 0 Å². The molecule has 0 fully saturated rings. The zero-order chi connectivity index (χ0) is 14.8. The van der Waals surface area contributed by atoms with Crippen LogP contribution in [0, 0.1) is 0 Å². The largest absolute Gasteiger partial charge is 0.507 e. The fourth-order valence-electron chi connectivity index (χ4n) is 2.20. The van der Waals surface area contributed by atoms with E-state index in [0.29, 0.717) is 28.0 Å². The summed E-state index contributed by atoms with van der Waals surface area (Å²) in [4.78, 5) is 4.49. The van der Waals surface area contributed by atoms with Crippen molar-refractivity contribution in [1.82, 2.24) is 4.98 Å². The van der Waals surface area contributed by atoms with Crippen LogP contribution in [0.1, 0.15) is 0 Å². The molecule has 3 rings (SSSR count). The van der Waals surface area contributed by atoms with Crippen LogP contribution in [0.4, 0.5) is 0 Å². The van der Waals surface area contributed by atoms with Crippen molar-refractivity contribution in [2.75, 3.05) is 0 Å². The summed E-state index contributed by atoms with van der Waals surface area (Å²) in [6, 6.07) is 17.3. The zero-order valence-corrected chi connectivity index (χ0v) is 11.2. The summed E-state index contributed by atoms with van der Waals surface area (Å²) in [6.07, 6.45) is 0. The molecule has 0 atom stereocenters. The van der Waals surface area contributed by atoms with Crippen LogP contribution in [-0.2, 0) is 0 Å². The second-order valence-corrected chi connectivity index (χ2v) is 4.67. The number of para-hydroxylation sites is 2. The van der Waals surface area contributed by atoms with Crippen molar-refractivity contribution in [3.8, 4) is 34.0 Å². The Balaban J connectivity index is 2.18. The number of phenols is 2. The number of nitrogens with zero attached hydrogens (tertiary/aromatic N) is 1. The molecule has 0 aliphatic heterocycles. The first-order valence-electron chi connectivity index (χ1n) is 6.50. The summed E-state index contributed by atoms with van der Waals surface area (Å²) in [7, 11) is 5.97. The van der Waals surface area contributed by atoms with E-state index in [4.69, 9.17) is 7.85 Å². The molecule has 0 bridgehead atoms. The third-order valence-electron chi connectivity index (χ3n) is 3.27. The quantitative estimate of drug-likeness (QED) is 0.706. The summed E-state index contributed by atoms with van der Waals surface area (Å²) >= 11 is 0. The van der Waals surface area contributed by atoms with E-state index in [-0.39, 0.29) is 11.5 Å². The van der Waals surface area contributed by atoms with Gasteiger partial charge in [0.25, 0.3) is 0 Å². The van der Waals surface area contributed by atoms with Crippen LogP contribution in [-0.4, -0.2) is 23.0 Å². The van der Waals surface area contributed by atoms with Crippen LogP contribution in [0.15, 0.2) is 60.7 Å². The molecule has 3 aromatic rings. The lowest BCUT2D eigenvalue weighted by Gasteiger charge is -2.11. The van der Waals surface area contributed by atoms with Crippen LogP contribution in [0.25, 0.3) is 22.5 Å². The molecule has 0 aliphatic carbocycles. The molecule has 0 aliphatic rings. The number of benzene rings is 2. The lowest BCUT2D eigenvalue weighted by atomic mass is 9.90. The van der Waals surface area contributed by atoms with Gasteiger partial charge in [-0.2, -0.15) is 0 Å². The summed E-state index contributed by atoms with van der Waals surface area (Å²) in [5.74, 6) is 0.268. The Kier molecular flexibility index (Phi) is 3.36. The average molecular weight is 273 g/mol. The van der Waals surface area contributed by atoms with E-state index in [1.807, 2.05) is 12.1 Å². The van der Waals surface area contributed by atoms with Crippen LogP contribution in [0.3, 0.4) is 0 Å². The Hall–Kier alpha value is -2.75. The first-order chi connectivity index (χ1) is 10.2. The molecule has 2 aromatic carbocycles. The maximum Gasteiger partial charge on any atom is 0.124 e. The van der Waals surface area contributed by atoms with Gasteiger partial charge < -0.3 is 10.2 Å². The Morgan fingerprint density at radius 2 is 1.29 bits per heavy atom. The minimum absolute atomic E-state index is 0.117. The number of hydrogen-bond acceptors (Lipinski definition) is 3. The predicted octanol–water partition coefficient (Wildman–Crippen LogP) is 2.62. The number of aromatic hydroxyl groups is 2. The van der Waals surface area contributed by atoms with Crippen molar-refractivity contribution in [2.45, 2.75) is 0 Å². The topological polar surface area (TPSA) is 53.4 Å². The zero-order valence-electron chi connectivity index (χ0n) is 11.2. The molecule has 1 heterocycles. The van der Waals surface area contributed by atoms with E-state index in [1.165, 1.54) is 0 Å². The van der Waals surface area contributed by atoms with Gasteiger partial charge in [-0.1, -0.05) is 35.8 Å². The molecule has 2 N–H and O–H groups in total. The molecule has 0 saturated heterocycles. The molecular formula is C17H12BNO2. The smallest absolute Gasteiger partial charge is 0.124 e. The number of aromatic nitrogens is 1. The van der Waals surface area contributed by atoms with Gasteiger partial charge >= 0.3 is 0 Å². The lowest BCUT2D eigenvalue weighted by Crippen LogP contribution is -2.09. The maximum absolute atomic E-state index is 9.96. The van der Waals surface area contributed by atoms with Gasteiger partial charge in [0, 0.05) is 11.1 Å². The number of pyridine rings is 1. The molecule has 100 valence electrons. The van der Waals surface area contributed by atoms with Crippen LogP contribution in [0.2, 0.25) is 0 Å². The van der Waals surface area contributed by atoms with Gasteiger partial charge in [-0.25, -0.2) is 4.98 Å². The van der Waals surface area contributed by atoms with Crippen LogP contribution in [0.5, 0.6) is 11.5 Å². The molecule has 3 nitrogen and oxygen atoms in total. The Labute approximate surface area is 124 Å². The molecule has 21 heavy (non-hydrogen) atoms. The van der Waals surface area contributed by atoms with Crippen molar-refractivity contribution in [1.29, 1.82) is 0 Å². The summed E-state index contributed by atoms with van der Waals surface area (Å²) in [5, 5.41) is 19.9. The minimum atomic E-state index is 0.117. The van der Waals surface area contributed by atoms with Crippen molar-refractivity contribution in [3.05, 3.63) is 60.7 Å². The standard InChI is InChI=1S/C17H12BNO2/c18-13-9-10-14(11-5-1-3-7-15(11)20)19-17(13)12-6-2-4-8-16(12)21/h1-10,20-21H. The fourth-order valence-corrected chi connectivity index (χ4v) is 2.20. The fraction of sp³-hybridized carbons (Fsp3) is 0. The van der Waals surface area contributed by atoms with Crippen molar-refractivity contribution in [3.63, 3.8) is 0 Å². The maximum atomic E-state index is 9.96. The number of rotatable bonds is 2. The van der Waals surface area contributed by atoms with E-state index in [9.17, 15) is 10.2 Å². The van der Waals surface area contributed by atoms with Gasteiger partial charge in [0.05, 0.1) is 11.4 Å². The van der Waals surface area contributed by atoms with E-state index >= 15 is 0 Å². The average Bonchev–Trinajstić information content (AvgIpc) is 2.49. The van der Waals surface area contributed by atoms with Gasteiger partial charge in [-0.05, 0) is 30.3 Å². The molecule has 0 saturated carbocycles. The predicted molar refractivity (Wildman–Crippen MR) is 83.8 cm³/mol. The molecular weight excluding hydrogens is 261 g/mol. The van der Waals surface area contributed by atoms with Gasteiger partial charge in [-0.3, -0.25) is 0 Å². The first-order valence-corrected chi connectivity index (χ1v) is 6.50. The lowest BCUT2D eigenvalue weighted by molar-refractivity contribution is 0.477. The van der Waals surface area contributed by atoms with Gasteiger partial charge in [-0.15, -0.1) is 0 Å². The monoisotopic (exact) mass is 273 g/mol. The third-order valence-corrected chi connectivity index (χ3v) is 3.27. The highest BCUT2D eigenvalue weighted by molar-refractivity contribution is 6.35. The Morgan fingerprint density at radius 3 is 1.90 bits per heavy atom. The number of hydrogen-bond donors (Lipinski definition) is 2.